The van der Waals surface area contributed by atoms with Crippen LogP contribution >= 0.6 is 11.3 Å². The normalized spacial score (nSPS) is 12.3. The molecule has 1 heterocycles. The molecule has 1 aromatic heterocycles. The molecule has 0 fully saturated rings. The highest BCUT2D eigenvalue weighted by atomic mass is 32.1. The zero-order valence-electron chi connectivity index (χ0n) is 12.4. The van der Waals surface area contributed by atoms with Crippen molar-refractivity contribution in [2.24, 2.45) is 5.92 Å². The van der Waals surface area contributed by atoms with Gasteiger partial charge in [-0.15, -0.1) is 0 Å². The number of thiazole rings is 1. The van der Waals surface area contributed by atoms with Gasteiger partial charge in [0.15, 0.2) is 0 Å². The van der Waals surface area contributed by atoms with E-state index >= 15 is 0 Å². The van der Waals surface area contributed by atoms with Gasteiger partial charge in [-0.2, -0.15) is 0 Å². The molecular formula is C15H23N3S. The topological polar surface area (TPSA) is 28.2 Å². The number of hydrogen-bond donors (Lipinski definition) is 1. The highest BCUT2D eigenvalue weighted by molar-refractivity contribution is 7.22. The fourth-order valence-electron chi connectivity index (χ4n) is 2.70. The minimum atomic E-state index is 0.0385. The lowest BCUT2D eigenvalue weighted by molar-refractivity contribution is 0.347. The van der Waals surface area contributed by atoms with E-state index in [1.54, 1.807) is 11.3 Å². The lowest BCUT2D eigenvalue weighted by Crippen LogP contribution is -2.51. The smallest absolute Gasteiger partial charge is 0.201 e. The lowest BCUT2D eigenvalue weighted by atomic mass is 9.92. The average molecular weight is 277 g/mol. The number of fused-ring (bicyclic) bond motifs is 1. The van der Waals surface area contributed by atoms with E-state index in [4.69, 9.17) is 4.98 Å². The van der Waals surface area contributed by atoms with Gasteiger partial charge in [-0.3, -0.25) is 5.01 Å². The van der Waals surface area contributed by atoms with E-state index in [9.17, 15) is 0 Å². The van der Waals surface area contributed by atoms with Crippen LogP contribution in [0.15, 0.2) is 24.3 Å². The molecule has 0 radical (unpaired) electrons. The molecule has 1 aromatic carbocycles. The van der Waals surface area contributed by atoms with Gasteiger partial charge in [-0.25, -0.2) is 10.4 Å². The van der Waals surface area contributed by atoms with E-state index < -0.39 is 0 Å². The van der Waals surface area contributed by atoms with E-state index in [2.05, 4.69) is 56.3 Å². The van der Waals surface area contributed by atoms with Gasteiger partial charge in [0.1, 0.15) is 0 Å². The van der Waals surface area contributed by atoms with E-state index in [0.29, 0.717) is 5.92 Å². The van der Waals surface area contributed by atoms with Crippen molar-refractivity contribution in [2.75, 3.05) is 12.1 Å². The minimum absolute atomic E-state index is 0.0385. The Balaban J connectivity index is 2.35. The zero-order valence-corrected chi connectivity index (χ0v) is 13.2. The maximum Gasteiger partial charge on any atom is 0.201 e. The third kappa shape index (κ3) is 3.07. The zero-order chi connectivity index (χ0) is 14.0. The standard InChI is InChI=1S/C15H23N3S/c1-11(2)10-15(3,4)18(16-5)14-17-12-8-6-7-9-13(12)19-14/h6-9,11,16H,10H2,1-5H3. The van der Waals surface area contributed by atoms with Crippen molar-refractivity contribution >= 4 is 26.7 Å². The average Bonchev–Trinajstić information content (AvgIpc) is 2.70. The Morgan fingerprint density at radius 1 is 1.32 bits per heavy atom. The van der Waals surface area contributed by atoms with Crippen molar-refractivity contribution in [3.63, 3.8) is 0 Å². The van der Waals surface area contributed by atoms with E-state index in [1.807, 2.05) is 13.1 Å². The molecule has 0 saturated carbocycles. The molecule has 0 unspecified atom stereocenters. The second kappa shape index (κ2) is 5.47. The van der Waals surface area contributed by atoms with Crippen LogP contribution in [-0.4, -0.2) is 17.6 Å². The van der Waals surface area contributed by atoms with Crippen molar-refractivity contribution in [1.82, 2.24) is 10.4 Å². The van der Waals surface area contributed by atoms with Crippen LogP contribution < -0.4 is 10.4 Å². The molecule has 1 N–H and O–H groups in total. The Labute approximate surface area is 119 Å². The van der Waals surface area contributed by atoms with Gasteiger partial charge in [0.2, 0.25) is 5.13 Å². The summed E-state index contributed by atoms with van der Waals surface area (Å²) < 4.78 is 1.23. The molecule has 4 heteroatoms. The highest BCUT2D eigenvalue weighted by Gasteiger charge is 2.29. The molecule has 0 aliphatic carbocycles. The maximum atomic E-state index is 4.74. The molecule has 2 aromatic rings. The Bertz CT molecular complexity index is 512. The fraction of sp³-hybridized carbons (Fsp3) is 0.533. The van der Waals surface area contributed by atoms with Crippen LogP contribution in [0.2, 0.25) is 0 Å². The Hall–Kier alpha value is -1.13. The van der Waals surface area contributed by atoms with E-state index in [1.165, 1.54) is 4.70 Å². The van der Waals surface area contributed by atoms with Gasteiger partial charge in [0.05, 0.1) is 15.8 Å². The number of nitrogens with one attached hydrogen (secondary N) is 1. The molecule has 0 aliphatic heterocycles. The summed E-state index contributed by atoms with van der Waals surface area (Å²) in [6.07, 6.45) is 1.11. The minimum Gasteiger partial charge on any atom is -0.278 e. The third-order valence-electron chi connectivity index (χ3n) is 3.21. The molecule has 0 aliphatic rings. The quantitative estimate of drug-likeness (QED) is 0.835. The summed E-state index contributed by atoms with van der Waals surface area (Å²) in [4.78, 5) is 4.74. The number of para-hydroxylation sites is 1. The van der Waals surface area contributed by atoms with Crippen LogP contribution in [0.3, 0.4) is 0 Å². The SMILES string of the molecule is CNN(c1nc2ccccc2s1)C(C)(C)CC(C)C. The molecule has 0 saturated heterocycles. The van der Waals surface area contributed by atoms with Crippen molar-refractivity contribution in [2.45, 2.75) is 39.7 Å². The second-order valence-electron chi connectivity index (χ2n) is 5.93. The number of nitrogens with zero attached hydrogens (tertiary/aromatic N) is 2. The third-order valence-corrected chi connectivity index (χ3v) is 4.23. The number of anilines is 1. The number of aromatic nitrogens is 1. The molecule has 0 bridgehead atoms. The van der Waals surface area contributed by atoms with Crippen LogP contribution in [0.5, 0.6) is 0 Å². The van der Waals surface area contributed by atoms with Crippen LogP contribution in [0.25, 0.3) is 10.2 Å². The van der Waals surface area contributed by atoms with Crippen LogP contribution in [-0.2, 0) is 0 Å². The first-order valence-electron chi connectivity index (χ1n) is 6.77. The van der Waals surface area contributed by atoms with Gasteiger partial charge in [-0.1, -0.05) is 37.3 Å². The Morgan fingerprint density at radius 2 is 2.00 bits per heavy atom. The highest BCUT2D eigenvalue weighted by Crippen LogP contribution is 2.33. The molecule has 0 spiro atoms. The summed E-state index contributed by atoms with van der Waals surface area (Å²) in [7, 11) is 1.97. The van der Waals surface area contributed by atoms with E-state index in [0.717, 1.165) is 17.1 Å². The number of rotatable bonds is 5. The van der Waals surface area contributed by atoms with Gasteiger partial charge in [-0.05, 0) is 38.3 Å². The van der Waals surface area contributed by atoms with Gasteiger partial charge in [0, 0.05) is 7.05 Å². The Kier molecular flexibility index (Phi) is 4.11. The largest absolute Gasteiger partial charge is 0.278 e. The molecule has 0 atom stereocenters. The van der Waals surface area contributed by atoms with Crippen molar-refractivity contribution in [3.8, 4) is 0 Å². The molecular weight excluding hydrogens is 254 g/mol. The molecule has 104 valence electrons. The summed E-state index contributed by atoms with van der Waals surface area (Å²) in [6.45, 7) is 9.03. The van der Waals surface area contributed by atoms with Crippen molar-refractivity contribution < 1.29 is 0 Å². The summed E-state index contributed by atoms with van der Waals surface area (Å²) in [5, 5.41) is 3.23. The first kappa shape index (κ1) is 14.3. The number of hydrogen-bond acceptors (Lipinski definition) is 4. The molecule has 19 heavy (non-hydrogen) atoms. The first-order chi connectivity index (χ1) is 8.94. The number of benzene rings is 1. The molecule has 3 nitrogen and oxygen atoms in total. The summed E-state index contributed by atoms with van der Waals surface area (Å²) in [5.41, 5.74) is 4.42. The fourth-order valence-corrected chi connectivity index (χ4v) is 3.84. The maximum absolute atomic E-state index is 4.74. The monoisotopic (exact) mass is 277 g/mol. The van der Waals surface area contributed by atoms with Gasteiger partial charge >= 0.3 is 0 Å². The van der Waals surface area contributed by atoms with Crippen molar-refractivity contribution in [3.05, 3.63) is 24.3 Å². The van der Waals surface area contributed by atoms with Crippen LogP contribution in [0.4, 0.5) is 5.13 Å². The lowest BCUT2D eigenvalue weighted by Gasteiger charge is -2.38. The summed E-state index contributed by atoms with van der Waals surface area (Å²) >= 11 is 1.74. The first-order valence-corrected chi connectivity index (χ1v) is 7.59. The van der Waals surface area contributed by atoms with Crippen molar-refractivity contribution in [1.29, 1.82) is 0 Å². The van der Waals surface area contributed by atoms with Crippen LogP contribution in [0.1, 0.15) is 34.1 Å². The molecule has 0 amide bonds. The van der Waals surface area contributed by atoms with Gasteiger partial charge < -0.3 is 0 Å². The summed E-state index contributed by atoms with van der Waals surface area (Å²) in [6, 6.07) is 8.29. The predicted octanol–water partition coefficient (Wildman–Crippen LogP) is 4.06. The second-order valence-corrected chi connectivity index (χ2v) is 6.94. The molecule has 2 rings (SSSR count). The van der Waals surface area contributed by atoms with Crippen LogP contribution in [0, 0.1) is 5.92 Å². The van der Waals surface area contributed by atoms with E-state index in [-0.39, 0.29) is 5.54 Å². The number of hydrazine groups is 1. The van der Waals surface area contributed by atoms with Gasteiger partial charge in [0.25, 0.3) is 0 Å². The summed E-state index contributed by atoms with van der Waals surface area (Å²) in [5.74, 6) is 0.653. The Morgan fingerprint density at radius 3 is 2.58 bits per heavy atom. The predicted molar refractivity (Wildman–Crippen MR) is 84.7 cm³/mol.